The molecule has 0 spiro atoms. The van der Waals surface area contributed by atoms with E-state index in [0.717, 1.165) is 11.5 Å². The van der Waals surface area contributed by atoms with Crippen LogP contribution >= 0.6 is 7.14 Å². The van der Waals surface area contributed by atoms with E-state index in [9.17, 15) is 4.57 Å². The van der Waals surface area contributed by atoms with Crippen molar-refractivity contribution in [1.82, 2.24) is 4.98 Å². The zero-order valence-corrected chi connectivity index (χ0v) is 10.1. The van der Waals surface area contributed by atoms with E-state index in [1.807, 2.05) is 37.2 Å². The van der Waals surface area contributed by atoms with Crippen LogP contribution in [0.4, 0.5) is 5.82 Å². The van der Waals surface area contributed by atoms with Crippen LogP contribution in [0, 0.1) is 0 Å². The molecular weight excluding hydrogens is 195 g/mol. The van der Waals surface area contributed by atoms with E-state index in [1.165, 1.54) is 0 Å². The van der Waals surface area contributed by atoms with Gasteiger partial charge in [0.25, 0.3) is 0 Å². The van der Waals surface area contributed by atoms with Crippen LogP contribution in [0.2, 0.25) is 0 Å². The van der Waals surface area contributed by atoms with Gasteiger partial charge in [-0.2, -0.15) is 0 Å². The Morgan fingerprint density at radius 2 is 2.00 bits per heavy atom. The summed E-state index contributed by atoms with van der Waals surface area (Å²) < 4.78 is 11.6. The van der Waals surface area contributed by atoms with Crippen LogP contribution in [0.3, 0.4) is 0 Å². The van der Waals surface area contributed by atoms with Crippen molar-refractivity contribution >= 4 is 13.0 Å². The van der Waals surface area contributed by atoms with Gasteiger partial charge in [0.15, 0.2) is 0 Å². The van der Waals surface area contributed by atoms with E-state index in [4.69, 9.17) is 0 Å². The first-order valence-corrected chi connectivity index (χ1v) is 7.34. The first kappa shape index (κ1) is 11.3. The van der Waals surface area contributed by atoms with E-state index in [0.29, 0.717) is 6.16 Å². The van der Waals surface area contributed by atoms with Crippen molar-refractivity contribution in [3.05, 3.63) is 23.9 Å². The standard InChI is InChI=1S/C10H17N2OP/c1-12(2)10-7-5-6-9(11-10)8-14(3,4)13/h5-7H,8H2,1-4H3. The quantitative estimate of drug-likeness (QED) is 0.720. The maximum atomic E-state index is 11.6. The lowest BCUT2D eigenvalue weighted by Crippen LogP contribution is -2.11. The number of rotatable bonds is 3. The molecule has 0 unspecified atom stereocenters. The maximum Gasteiger partial charge on any atom is 0.128 e. The molecule has 1 aromatic rings. The van der Waals surface area contributed by atoms with Crippen LogP contribution in [0.1, 0.15) is 5.69 Å². The third kappa shape index (κ3) is 3.51. The van der Waals surface area contributed by atoms with Crippen molar-refractivity contribution in [3.63, 3.8) is 0 Å². The Morgan fingerprint density at radius 3 is 2.50 bits per heavy atom. The Balaban J connectivity index is 2.89. The van der Waals surface area contributed by atoms with Crippen LogP contribution in [0.25, 0.3) is 0 Å². The molecule has 1 aromatic heterocycles. The Labute approximate surface area is 85.5 Å². The van der Waals surface area contributed by atoms with Crippen LogP contribution in [0.15, 0.2) is 18.2 Å². The minimum Gasteiger partial charge on any atom is -0.363 e. The van der Waals surface area contributed by atoms with Gasteiger partial charge in [0, 0.05) is 20.3 Å². The van der Waals surface area contributed by atoms with Crippen molar-refractivity contribution in [2.24, 2.45) is 0 Å². The highest BCUT2D eigenvalue weighted by Gasteiger charge is 2.09. The molecule has 0 aliphatic rings. The highest BCUT2D eigenvalue weighted by molar-refractivity contribution is 7.61. The van der Waals surface area contributed by atoms with Crippen molar-refractivity contribution in [1.29, 1.82) is 0 Å². The van der Waals surface area contributed by atoms with Crippen LogP contribution < -0.4 is 4.90 Å². The van der Waals surface area contributed by atoms with Crippen LogP contribution in [-0.2, 0) is 10.7 Å². The van der Waals surface area contributed by atoms with Gasteiger partial charge in [0.2, 0.25) is 0 Å². The SMILES string of the molecule is CN(C)c1cccc(CP(C)(C)=O)n1. The number of pyridine rings is 1. The van der Waals surface area contributed by atoms with Crippen molar-refractivity contribution in [3.8, 4) is 0 Å². The van der Waals surface area contributed by atoms with Crippen molar-refractivity contribution in [2.45, 2.75) is 6.16 Å². The summed E-state index contributed by atoms with van der Waals surface area (Å²) in [7, 11) is 1.88. The largest absolute Gasteiger partial charge is 0.363 e. The summed E-state index contributed by atoms with van der Waals surface area (Å²) in [5.41, 5.74) is 0.907. The molecule has 0 fully saturated rings. The molecular formula is C10H17N2OP. The number of anilines is 1. The molecule has 0 radical (unpaired) electrons. The monoisotopic (exact) mass is 212 g/mol. The third-order valence-corrected chi connectivity index (χ3v) is 2.88. The summed E-state index contributed by atoms with van der Waals surface area (Å²) >= 11 is 0. The second kappa shape index (κ2) is 4.14. The van der Waals surface area contributed by atoms with Gasteiger partial charge >= 0.3 is 0 Å². The fourth-order valence-electron chi connectivity index (χ4n) is 1.19. The molecule has 3 nitrogen and oxygen atoms in total. The molecule has 0 aliphatic heterocycles. The Kier molecular flexibility index (Phi) is 3.33. The van der Waals surface area contributed by atoms with Crippen LogP contribution in [-0.4, -0.2) is 32.4 Å². The smallest absolute Gasteiger partial charge is 0.128 e. The molecule has 0 saturated heterocycles. The number of hydrogen-bond donors (Lipinski definition) is 0. The number of nitrogens with zero attached hydrogens (tertiary/aromatic N) is 2. The summed E-state index contributed by atoms with van der Waals surface area (Å²) in [5.74, 6) is 0.913. The van der Waals surface area contributed by atoms with E-state index in [-0.39, 0.29) is 0 Å². The van der Waals surface area contributed by atoms with Gasteiger partial charge in [-0.25, -0.2) is 4.98 Å². The van der Waals surface area contributed by atoms with Gasteiger partial charge in [-0.05, 0) is 25.5 Å². The molecule has 0 bridgehead atoms. The highest BCUT2D eigenvalue weighted by Crippen LogP contribution is 2.39. The lowest BCUT2D eigenvalue weighted by molar-refractivity contribution is 0.581. The lowest BCUT2D eigenvalue weighted by atomic mass is 10.3. The molecule has 78 valence electrons. The molecule has 0 N–H and O–H groups in total. The Hall–Kier alpha value is -0.820. The molecule has 0 saturated carbocycles. The van der Waals surface area contributed by atoms with E-state index in [2.05, 4.69) is 4.98 Å². The topological polar surface area (TPSA) is 33.2 Å². The van der Waals surface area contributed by atoms with Crippen molar-refractivity contribution < 1.29 is 4.57 Å². The maximum absolute atomic E-state index is 11.6. The zero-order chi connectivity index (χ0) is 10.8. The molecule has 0 aliphatic carbocycles. The summed E-state index contributed by atoms with van der Waals surface area (Å²) in [6, 6.07) is 5.82. The molecule has 1 rings (SSSR count). The predicted octanol–water partition coefficient (Wildman–Crippen LogP) is 2.27. The molecule has 0 amide bonds. The minimum atomic E-state index is -2.02. The van der Waals surface area contributed by atoms with Gasteiger partial charge in [-0.15, -0.1) is 0 Å². The van der Waals surface area contributed by atoms with E-state index < -0.39 is 7.14 Å². The average molecular weight is 212 g/mol. The fraction of sp³-hybridized carbons (Fsp3) is 0.500. The van der Waals surface area contributed by atoms with E-state index >= 15 is 0 Å². The molecule has 4 heteroatoms. The van der Waals surface area contributed by atoms with Gasteiger partial charge in [0.05, 0.1) is 12.8 Å². The minimum absolute atomic E-state index is 0.578. The van der Waals surface area contributed by atoms with Gasteiger partial charge in [-0.3, -0.25) is 0 Å². The fourth-order valence-corrected chi connectivity index (χ4v) is 2.15. The molecule has 0 atom stereocenters. The first-order valence-electron chi connectivity index (χ1n) is 4.56. The zero-order valence-electron chi connectivity index (χ0n) is 9.19. The normalized spacial score (nSPS) is 11.4. The molecule has 0 aromatic carbocycles. The highest BCUT2D eigenvalue weighted by atomic mass is 31.2. The second-order valence-corrected chi connectivity index (χ2v) is 7.58. The summed E-state index contributed by atoms with van der Waals surface area (Å²) in [6.45, 7) is 3.58. The number of aromatic nitrogens is 1. The van der Waals surface area contributed by atoms with Crippen molar-refractivity contribution in [2.75, 3.05) is 32.3 Å². The van der Waals surface area contributed by atoms with Gasteiger partial charge in [0.1, 0.15) is 5.82 Å². The summed E-state index contributed by atoms with van der Waals surface area (Å²) in [5, 5.41) is 0. The summed E-state index contributed by atoms with van der Waals surface area (Å²) in [4.78, 5) is 6.36. The second-order valence-electron chi connectivity index (χ2n) is 4.11. The lowest BCUT2D eigenvalue weighted by Gasteiger charge is -2.13. The van der Waals surface area contributed by atoms with Gasteiger partial charge < -0.3 is 9.46 Å². The average Bonchev–Trinajstić information content (AvgIpc) is 2.01. The molecule has 14 heavy (non-hydrogen) atoms. The van der Waals surface area contributed by atoms with Gasteiger partial charge in [-0.1, -0.05) is 6.07 Å². The first-order chi connectivity index (χ1) is 6.38. The van der Waals surface area contributed by atoms with E-state index in [1.54, 1.807) is 13.3 Å². The predicted molar refractivity (Wildman–Crippen MR) is 61.7 cm³/mol. The third-order valence-electron chi connectivity index (χ3n) is 1.79. The van der Waals surface area contributed by atoms with Crippen LogP contribution in [0.5, 0.6) is 0 Å². The Morgan fingerprint density at radius 1 is 1.36 bits per heavy atom. The molecule has 1 heterocycles. The summed E-state index contributed by atoms with van der Waals surface area (Å²) in [6.07, 6.45) is 0.578. The number of hydrogen-bond acceptors (Lipinski definition) is 3. The Bertz CT molecular complexity index is 357.